The molecule has 2 aromatic carbocycles. The van der Waals surface area contributed by atoms with Crippen molar-refractivity contribution in [3.05, 3.63) is 60.2 Å². The molecule has 1 aliphatic rings. The second-order valence-electron chi connectivity index (χ2n) is 7.61. The van der Waals surface area contributed by atoms with Crippen LogP contribution in [0.2, 0.25) is 0 Å². The molecule has 1 aliphatic heterocycles. The number of carbonyl (C=O) groups excluding carboxylic acids is 2. The summed E-state index contributed by atoms with van der Waals surface area (Å²) in [4.78, 5) is 24.2. The van der Waals surface area contributed by atoms with Gasteiger partial charge in [0.1, 0.15) is 5.75 Å². The fourth-order valence-corrected chi connectivity index (χ4v) is 4.98. The quantitative estimate of drug-likeness (QED) is 0.384. The highest BCUT2D eigenvalue weighted by atomic mass is 32.2. The first-order chi connectivity index (χ1) is 15.9. The van der Waals surface area contributed by atoms with E-state index in [2.05, 4.69) is 0 Å². The minimum atomic E-state index is -3.70. The van der Waals surface area contributed by atoms with E-state index in [-0.39, 0.29) is 43.1 Å². The van der Waals surface area contributed by atoms with Crippen LogP contribution in [0, 0.1) is 5.92 Å². The molecule has 0 N–H and O–H groups in total. The number of rotatable bonds is 10. The molecular formula is C24H29NO7S. The molecule has 8 nitrogen and oxygen atoms in total. The third-order valence-electron chi connectivity index (χ3n) is 5.34. The zero-order valence-corrected chi connectivity index (χ0v) is 19.5. The van der Waals surface area contributed by atoms with Crippen molar-refractivity contribution in [3.63, 3.8) is 0 Å². The van der Waals surface area contributed by atoms with Crippen LogP contribution in [-0.4, -0.2) is 57.6 Å². The molecule has 33 heavy (non-hydrogen) atoms. The summed E-state index contributed by atoms with van der Waals surface area (Å²) >= 11 is 0. The molecule has 0 bridgehead atoms. The number of esters is 2. The largest absolute Gasteiger partial charge is 0.493 e. The Morgan fingerprint density at radius 2 is 1.61 bits per heavy atom. The molecule has 0 spiro atoms. The summed E-state index contributed by atoms with van der Waals surface area (Å²) in [6.45, 7) is 3.13. The number of piperidine rings is 1. The molecule has 3 rings (SSSR count). The molecule has 1 saturated heterocycles. The fraction of sp³-hybridized carbons (Fsp3) is 0.417. The van der Waals surface area contributed by atoms with E-state index in [1.807, 2.05) is 30.3 Å². The summed E-state index contributed by atoms with van der Waals surface area (Å²) in [5, 5.41) is 0. The van der Waals surface area contributed by atoms with Crippen LogP contribution in [0.5, 0.6) is 5.75 Å². The third-order valence-corrected chi connectivity index (χ3v) is 7.25. The highest BCUT2D eigenvalue weighted by Gasteiger charge is 2.32. The number of hydrogen-bond donors (Lipinski definition) is 0. The lowest BCUT2D eigenvalue weighted by molar-refractivity contribution is -0.150. The number of hydrogen-bond acceptors (Lipinski definition) is 7. The minimum absolute atomic E-state index is 0.106. The highest BCUT2D eigenvalue weighted by molar-refractivity contribution is 7.89. The van der Waals surface area contributed by atoms with Crippen LogP contribution in [-0.2, 0) is 24.3 Å². The Hall–Kier alpha value is -2.91. The zero-order chi connectivity index (χ0) is 23.7. The smallest absolute Gasteiger partial charge is 0.338 e. The summed E-state index contributed by atoms with van der Waals surface area (Å²) in [6.07, 6.45) is 1.38. The lowest BCUT2D eigenvalue weighted by Crippen LogP contribution is -2.40. The second kappa shape index (κ2) is 11.8. The zero-order valence-electron chi connectivity index (χ0n) is 18.6. The monoisotopic (exact) mass is 475 g/mol. The molecule has 0 aliphatic carbocycles. The Bertz CT molecular complexity index is 1010. The van der Waals surface area contributed by atoms with Crippen molar-refractivity contribution in [2.45, 2.75) is 31.1 Å². The van der Waals surface area contributed by atoms with Crippen LogP contribution in [0.4, 0.5) is 0 Å². The first-order valence-corrected chi connectivity index (χ1v) is 12.5. The standard InChI is InChI=1S/C24H29NO7S/c1-2-30-23(26)19-9-11-22(12-10-19)33(28,29)25-15-13-20(14-16-25)24(27)32-18-6-17-31-21-7-4-3-5-8-21/h3-5,7-12,20H,2,6,13-18H2,1H3. The van der Waals surface area contributed by atoms with E-state index in [0.717, 1.165) is 5.75 Å². The Labute approximate surface area is 194 Å². The lowest BCUT2D eigenvalue weighted by Gasteiger charge is -2.30. The van der Waals surface area contributed by atoms with E-state index in [1.54, 1.807) is 6.92 Å². The number of sulfonamides is 1. The second-order valence-corrected chi connectivity index (χ2v) is 9.54. The predicted octanol–water partition coefficient (Wildman–Crippen LogP) is 3.28. The summed E-state index contributed by atoms with van der Waals surface area (Å²) in [5.74, 6) is -0.344. The molecule has 0 radical (unpaired) electrons. The molecule has 9 heteroatoms. The maximum atomic E-state index is 12.9. The van der Waals surface area contributed by atoms with Gasteiger partial charge in [-0.15, -0.1) is 0 Å². The van der Waals surface area contributed by atoms with Crippen molar-refractivity contribution >= 4 is 22.0 Å². The number of ether oxygens (including phenoxy) is 3. The van der Waals surface area contributed by atoms with Crippen molar-refractivity contribution in [2.75, 3.05) is 32.9 Å². The molecule has 0 amide bonds. The summed E-state index contributed by atoms with van der Waals surface area (Å²) in [7, 11) is -3.70. The van der Waals surface area contributed by atoms with Gasteiger partial charge in [-0.05, 0) is 56.2 Å². The van der Waals surface area contributed by atoms with Crippen LogP contribution in [0.3, 0.4) is 0 Å². The van der Waals surface area contributed by atoms with Gasteiger partial charge in [0.15, 0.2) is 0 Å². The van der Waals surface area contributed by atoms with E-state index in [4.69, 9.17) is 14.2 Å². The maximum Gasteiger partial charge on any atom is 0.338 e. The van der Waals surface area contributed by atoms with Gasteiger partial charge in [0, 0.05) is 19.5 Å². The van der Waals surface area contributed by atoms with E-state index >= 15 is 0 Å². The highest BCUT2D eigenvalue weighted by Crippen LogP contribution is 2.25. The van der Waals surface area contributed by atoms with Gasteiger partial charge in [-0.3, -0.25) is 4.79 Å². The molecule has 0 aromatic heterocycles. The normalized spacial score (nSPS) is 15.1. The molecule has 1 heterocycles. The van der Waals surface area contributed by atoms with Gasteiger partial charge in [0.25, 0.3) is 0 Å². The summed E-state index contributed by atoms with van der Waals surface area (Å²) < 4.78 is 43.0. The molecular weight excluding hydrogens is 446 g/mol. The van der Waals surface area contributed by atoms with Gasteiger partial charge in [-0.1, -0.05) is 18.2 Å². The Kier molecular flexibility index (Phi) is 8.85. The van der Waals surface area contributed by atoms with Crippen molar-refractivity contribution in [2.24, 2.45) is 5.92 Å². The van der Waals surface area contributed by atoms with Crippen LogP contribution in [0.25, 0.3) is 0 Å². The molecule has 0 saturated carbocycles. The van der Waals surface area contributed by atoms with Crippen molar-refractivity contribution in [1.29, 1.82) is 0 Å². The predicted molar refractivity (Wildman–Crippen MR) is 121 cm³/mol. The summed E-state index contributed by atoms with van der Waals surface area (Å²) in [5.41, 5.74) is 0.298. The topological polar surface area (TPSA) is 99.2 Å². The lowest BCUT2D eigenvalue weighted by atomic mass is 9.98. The first kappa shape index (κ1) is 24.7. The molecule has 0 atom stereocenters. The number of nitrogens with zero attached hydrogens (tertiary/aromatic N) is 1. The maximum absolute atomic E-state index is 12.9. The molecule has 2 aromatic rings. The minimum Gasteiger partial charge on any atom is -0.493 e. The number of para-hydroxylation sites is 1. The van der Waals surface area contributed by atoms with E-state index in [1.165, 1.54) is 28.6 Å². The fourth-order valence-electron chi connectivity index (χ4n) is 3.51. The summed E-state index contributed by atoms with van der Waals surface area (Å²) in [6, 6.07) is 15.1. The Morgan fingerprint density at radius 1 is 0.939 bits per heavy atom. The first-order valence-electron chi connectivity index (χ1n) is 11.0. The van der Waals surface area contributed by atoms with Crippen LogP contribution >= 0.6 is 0 Å². The molecule has 1 fully saturated rings. The number of benzene rings is 2. The van der Waals surface area contributed by atoms with E-state index in [9.17, 15) is 18.0 Å². The van der Waals surface area contributed by atoms with E-state index < -0.39 is 16.0 Å². The average molecular weight is 476 g/mol. The number of carbonyl (C=O) groups is 2. The van der Waals surface area contributed by atoms with Gasteiger partial charge in [0.2, 0.25) is 10.0 Å². The van der Waals surface area contributed by atoms with Crippen molar-refractivity contribution < 1.29 is 32.2 Å². The van der Waals surface area contributed by atoms with Crippen molar-refractivity contribution in [3.8, 4) is 5.75 Å². The third kappa shape index (κ3) is 6.79. The van der Waals surface area contributed by atoms with Gasteiger partial charge < -0.3 is 14.2 Å². The Morgan fingerprint density at radius 3 is 2.24 bits per heavy atom. The van der Waals surface area contributed by atoms with Crippen LogP contribution in [0.1, 0.15) is 36.5 Å². The SMILES string of the molecule is CCOC(=O)c1ccc(S(=O)(=O)N2CCC(C(=O)OCCCOc3ccccc3)CC2)cc1. The van der Waals surface area contributed by atoms with E-state index in [0.29, 0.717) is 31.4 Å². The Balaban J connectivity index is 1.42. The average Bonchev–Trinajstić information content (AvgIpc) is 2.84. The van der Waals surface area contributed by atoms with Crippen LogP contribution < -0.4 is 4.74 Å². The van der Waals surface area contributed by atoms with Gasteiger partial charge in [0.05, 0.1) is 36.2 Å². The molecule has 0 unspecified atom stereocenters. The van der Waals surface area contributed by atoms with Gasteiger partial charge >= 0.3 is 11.9 Å². The van der Waals surface area contributed by atoms with Gasteiger partial charge in [-0.25, -0.2) is 13.2 Å². The molecule has 178 valence electrons. The van der Waals surface area contributed by atoms with Crippen molar-refractivity contribution in [1.82, 2.24) is 4.31 Å². The van der Waals surface area contributed by atoms with Gasteiger partial charge in [-0.2, -0.15) is 4.31 Å². The van der Waals surface area contributed by atoms with Crippen LogP contribution in [0.15, 0.2) is 59.5 Å².